The van der Waals surface area contributed by atoms with Crippen molar-refractivity contribution in [1.82, 2.24) is 0 Å². The van der Waals surface area contributed by atoms with Crippen molar-refractivity contribution in [2.75, 3.05) is 13.9 Å². The molecular weight excluding hydrogens is 384 g/mol. The zero-order valence-electron chi connectivity index (χ0n) is 16.2. The van der Waals surface area contributed by atoms with E-state index in [1.165, 1.54) is 13.2 Å². The Balaban J connectivity index is 1.60. The number of benzene rings is 3. The van der Waals surface area contributed by atoms with E-state index in [4.69, 9.17) is 18.9 Å². The topological polar surface area (TPSA) is 71.1 Å². The molecule has 0 bridgehead atoms. The number of allylic oxidation sites excluding steroid dienone is 1. The van der Waals surface area contributed by atoms with E-state index in [0.717, 1.165) is 0 Å². The summed E-state index contributed by atoms with van der Waals surface area (Å²) in [6, 6.07) is 18.9. The van der Waals surface area contributed by atoms with Crippen LogP contribution in [0.4, 0.5) is 0 Å². The third-order valence-corrected chi connectivity index (χ3v) is 4.50. The van der Waals surface area contributed by atoms with E-state index in [1.54, 1.807) is 66.7 Å². The molecule has 0 saturated heterocycles. The lowest BCUT2D eigenvalue weighted by atomic mass is 10.1. The molecular formula is C24H18O6. The molecule has 1 aliphatic rings. The number of fused-ring (bicyclic) bond motifs is 1. The number of carbonyl (C=O) groups is 2. The maximum atomic E-state index is 12.7. The van der Waals surface area contributed by atoms with Gasteiger partial charge in [0.25, 0.3) is 0 Å². The van der Waals surface area contributed by atoms with Crippen LogP contribution in [0.2, 0.25) is 0 Å². The van der Waals surface area contributed by atoms with Crippen LogP contribution in [0, 0.1) is 0 Å². The number of hydrogen-bond donors (Lipinski definition) is 0. The monoisotopic (exact) mass is 402 g/mol. The molecule has 3 aromatic rings. The van der Waals surface area contributed by atoms with E-state index in [1.807, 2.05) is 6.07 Å². The molecule has 0 atom stereocenters. The molecule has 3 aromatic carbocycles. The minimum Gasteiger partial charge on any atom is -0.493 e. The lowest BCUT2D eigenvalue weighted by Gasteiger charge is -2.12. The van der Waals surface area contributed by atoms with Crippen LogP contribution in [-0.2, 0) is 0 Å². The Hall–Kier alpha value is -4.06. The highest BCUT2D eigenvalue weighted by Crippen LogP contribution is 2.35. The number of para-hydroxylation sites is 1. The molecule has 0 N–H and O–H groups in total. The Bertz CT molecular complexity index is 1120. The lowest BCUT2D eigenvalue weighted by Crippen LogP contribution is -2.10. The molecule has 0 radical (unpaired) electrons. The first kappa shape index (κ1) is 19.3. The smallest absolute Gasteiger partial charge is 0.343 e. The van der Waals surface area contributed by atoms with Crippen molar-refractivity contribution in [3.05, 3.63) is 89.5 Å². The molecule has 0 saturated carbocycles. The maximum absolute atomic E-state index is 12.7. The van der Waals surface area contributed by atoms with Gasteiger partial charge in [-0.15, -0.1) is 0 Å². The van der Waals surface area contributed by atoms with Crippen molar-refractivity contribution < 1.29 is 28.5 Å². The highest BCUT2D eigenvalue weighted by Gasteiger charge is 2.20. The summed E-state index contributed by atoms with van der Waals surface area (Å²) in [4.78, 5) is 25.1. The maximum Gasteiger partial charge on any atom is 0.343 e. The van der Waals surface area contributed by atoms with E-state index >= 15 is 0 Å². The van der Waals surface area contributed by atoms with E-state index in [2.05, 4.69) is 0 Å². The van der Waals surface area contributed by atoms with Crippen LogP contribution < -0.4 is 18.9 Å². The highest BCUT2D eigenvalue weighted by molar-refractivity contribution is 6.07. The second-order valence-electron chi connectivity index (χ2n) is 6.40. The molecule has 4 rings (SSSR count). The summed E-state index contributed by atoms with van der Waals surface area (Å²) in [5.41, 5.74) is 1.41. The molecule has 1 heterocycles. The average molecular weight is 402 g/mol. The SMILES string of the molecule is COc1cccc(C=CC(=O)c2ccccc2)c1OC(=O)c1ccc2c(c1)OCO2. The van der Waals surface area contributed by atoms with Gasteiger partial charge in [-0.2, -0.15) is 0 Å². The summed E-state index contributed by atoms with van der Waals surface area (Å²) in [5.74, 6) is 0.913. The van der Waals surface area contributed by atoms with Crippen molar-refractivity contribution in [1.29, 1.82) is 0 Å². The summed E-state index contributed by atoms with van der Waals surface area (Å²) in [6.45, 7) is 0.116. The molecule has 6 nitrogen and oxygen atoms in total. The summed E-state index contributed by atoms with van der Waals surface area (Å²) < 4.78 is 21.6. The summed E-state index contributed by atoms with van der Waals surface area (Å²) >= 11 is 0. The van der Waals surface area contributed by atoms with Gasteiger partial charge in [0, 0.05) is 11.1 Å². The predicted molar refractivity (Wildman–Crippen MR) is 110 cm³/mol. The van der Waals surface area contributed by atoms with E-state index in [9.17, 15) is 9.59 Å². The van der Waals surface area contributed by atoms with Gasteiger partial charge in [-0.05, 0) is 36.4 Å². The quantitative estimate of drug-likeness (QED) is 0.261. The average Bonchev–Trinajstić information content (AvgIpc) is 3.26. The lowest BCUT2D eigenvalue weighted by molar-refractivity contribution is 0.0728. The van der Waals surface area contributed by atoms with Gasteiger partial charge in [-0.1, -0.05) is 42.5 Å². The van der Waals surface area contributed by atoms with Gasteiger partial charge >= 0.3 is 5.97 Å². The largest absolute Gasteiger partial charge is 0.493 e. The van der Waals surface area contributed by atoms with Crippen LogP contribution in [0.1, 0.15) is 26.3 Å². The molecule has 0 fully saturated rings. The molecule has 1 aliphatic heterocycles. The van der Waals surface area contributed by atoms with Crippen molar-refractivity contribution in [3.8, 4) is 23.0 Å². The van der Waals surface area contributed by atoms with Crippen molar-refractivity contribution in [2.45, 2.75) is 0 Å². The number of rotatable bonds is 6. The van der Waals surface area contributed by atoms with Crippen LogP contribution >= 0.6 is 0 Å². The number of methoxy groups -OCH3 is 1. The van der Waals surface area contributed by atoms with Crippen LogP contribution in [0.5, 0.6) is 23.0 Å². The molecule has 0 unspecified atom stereocenters. The molecule has 6 heteroatoms. The number of ketones is 1. The summed E-state index contributed by atoms with van der Waals surface area (Å²) in [5, 5.41) is 0. The van der Waals surface area contributed by atoms with Gasteiger partial charge in [0.1, 0.15) is 0 Å². The highest BCUT2D eigenvalue weighted by atomic mass is 16.7. The molecule has 30 heavy (non-hydrogen) atoms. The number of carbonyl (C=O) groups excluding carboxylic acids is 2. The fourth-order valence-corrected chi connectivity index (χ4v) is 2.97. The Labute approximate surface area is 173 Å². The molecule has 0 spiro atoms. The first-order chi connectivity index (χ1) is 14.7. The fraction of sp³-hybridized carbons (Fsp3) is 0.0833. The van der Waals surface area contributed by atoms with E-state index in [0.29, 0.717) is 33.9 Å². The normalized spacial score (nSPS) is 12.0. The van der Waals surface area contributed by atoms with E-state index in [-0.39, 0.29) is 18.3 Å². The Kier molecular flexibility index (Phi) is 5.48. The van der Waals surface area contributed by atoms with Gasteiger partial charge < -0.3 is 18.9 Å². The van der Waals surface area contributed by atoms with Crippen LogP contribution in [0.3, 0.4) is 0 Å². The number of hydrogen-bond acceptors (Lipinski definition) is 6. The van der Waals surface area contributed by atoms with Gasteiger partial charge in [-0.3, -0.25) is 4.79 Å². The van der Waals surface area contributed by atoms with Crippen LogP contribution in [0.25, 0.3) is 6.08 Å². The third-order valence-electron chi connectivity index (χ3n) is 4.50. The Morgan fingerprint density at radius 3 is 2.50 bits per heavy atom. The number of esters is 1. The predicted octanol–water partition coefficient (Wildman–Crippen LogP) is 4.54. The summed E-state index contributed by atoms with van der Waals surface area (Å²) in [6.07, 6.45) is 3.03. The van der Waals surface area contributed by atoms with Gasteiger partial charge in [0.05, 0.1) is 12.7 Å². The standard InChI is InChI=1S/C24H18O6/c1-27-21-9-5-8-17(10-12-19(25)16-6-3-2-4-7-16)23(21)30-24(26)18-11-13-20-22(14-18)29-15-28-20/h2-14H,15H2,1H3. The van der Waals surface area contributed by atoms with Crippen molar-refractivity contribution in [2.24, 2.45) is 0 Å². The van der Waals surface area contributed by atoms with Gasteiger partial charge in [-0.25, -0.2) is 4.79 Å². The first-order valence-corrected chi connectivity index (χ1v) is 9.22. The minimum absolute atomic E-state index is 0.116. The molecule has 150 valence electrons. The Morgan fingerprint density at radius 1 is 0.900 bits per heavy atom. The van der Waals surface area contributed by atoms with E-state index < -0.39 is 5.97 Å². The van der Waals surface area contributed by atoms with Crippen molar-refractivity contribution >= 4 is 17.8 Å². The Morgan fingerprint density at radius 2 is 1.70 bits per heavy atom. The third kappa shape index (κ3) is 4.03. The summed E-state index contributed by atoms with van der Waals surface area (Å²) in [7, 11) is 1.48. The zero-order chi connectivity index (χ0) is 20.9. The minimum atomic E-state index is -0.582. The first-order valence-electron chi connectivity index (χ1n) is 9.22. The second kappa shape index (κ2) is 8.53. The van der Waals surface area contributed by atoms with Crippen molar-refractivity contribution in [3.63, 3.8) is 0 Å². The zero-order valence-corrected chi connectivity index (χ0v) is 16.2. The van der Waals surface area contributed by atoms with Gasteiger partial charge in [0.15, 0.2) is 28.8 Å². The number of ether oxygens (including phenoxy) is 4. The molecule has 0 aromatic heterocycles. The molecule has 0 aliphatic carbocycles. The fourth-order valence-electron chi connectivity index (χ4n) is 2.97. The van der Waals surface area contributed by atoms with Crippen LogP contribution in [0.15, 0.2) is 72.8 Å². The second-order valence-corrected chi connectivity index (χ2v) is 6.40. The molecule has 0 amide bonds. The van der Waals surface area contributed by atoms with Crippen LogP contribution in [-0.4, -0.2) is 25.7 Å². The van der Waals surface area contributed by atoms with Gasteiger partial charge in [0.2, 0.25) is 6.79 Å².